The molecule has 154 valence electrons. The van der Waals surface area contributed by atoms with Crippen LogP contribution in [0.4, 0.5) is 5.82 Å². The van der Waals surface area contributed by atoms with Gasteiger partial charge >= 0.3 is 0 Å². The molecule has 4 rings (SSSR count). The summed E-state index contributed by atoms with van der Waals surface area (Å²) in [5.74, 6) is 1.50. The molecule has 1 saturated carbocycles. The van der Waals surface area contributed by atoms with E-state index in [0.717, 1.165) is 43.0 Å². The Kier molecular flexibility index (Phi) is 6.65. The molecule has 8 heteroatoms. The van der Waals surface area contributed by atoms with Gasteiger partial charge in [0.1, 0.15) is 0 Å². The largest absolute Gasteiger partial charge is 0.396 e. The van der Waals surface area contributed by atoms with E-state index in [1.54, 1.807) is 0 Å². The van der Waals surface area contributed by atoms with Crippen LogP contribution in [0.5, 0.6) is 0 Å². The summed E-state index contributed by atoms with van der Waals surface area (Å²) < 4.78 is 2.18. The highest BCUT2D eigenvalue weighted by molar-refractivity contribution is 6.28. The van der Waals surface area contributed by atoms with Crippen LogP contribution >= 0.6 is 11.6 Å². The van der Waals surface area contributed by atoms with Gasteiger partial charge in [-0.15, -0.1) is 0 Å². The Balaban J connectivity index is 1.39. The number of anilines is 1. The number of fused-ring (bicyclic) bond motifs is 1. The van der Waals surface area contributed by atoms with E-state index in [0.29, 0.717) is 18.5 Å². The fourth-order valence-electron chi connectivity index (χ4n) is 4.62. The highest BCUT2D eigenvalue weighted by Gasteiger charge is 2.24. The van der Waals surface area contributed by atoms with Gasteiger partial charge in [0, 0.05) is 25.7 Å². The van der Waals surface area contributed by atoms with Crippen LogP contribution in [0.1, 0.15) is 70.3 Å². The first-order chi connectivity index (χ1) is 13.7. The standard InChI is InChI=1S/C20H31ClN6O/c21-20-23-18(17-19(24-20)27(14-22-17)16-7-3-4-8-16)25-26-11-9-15(10-12-26)6-2-1-5-13-28/h14-16,28H,1-13H2,(H,23,24,25). The van der Waals surface area contributed by atoms with E-state index in [1.165, 1.54) is 51.4 Å². The zero-order chi connectivity index (χ0) is 19.3. The van der Waals surface area contributed by atoms with Crippen LogP contribution in [-0.4, -0.2) is 49.3 Å². The lowest BCUT2D eigenvalue weighted by molar-refractivity contribution is 0.205. The Morgan fingerprint density at radius 2 is 1.86 bits per heavy atom. The van der Waals surface area contributed by atoms with Crippen LogP contribution in [0.15, 0.2) is 6.33 Å². The number of aromatic nitrogens is 4. The maximum absolute atomic E-state index is 8.89. The molecule has 0 unspecified atom stereocenters. The van der Waals surface area contributed by atoms with Gasteiger partial charge in [0.2, 0.25) is 5.28 Å². The average Bonchev–Trinajstić information content (AvgIpc) is 3.36. The van der Waals surface area contributed by atoms with Gasteiger partial charge in [0.15, 0.2) is 17.0 Å². The molecule has 0 spiro atoms. The molecular formula is C20H31ClN6O. The summed E-state index contributed by atoms with van der Waals surface area (Å²) in [6.07, 6.45) is 13.7. The first-order valence-electron chi connectivity index (χ1n) is 10.8. The second kappa shape index (κ2) is 9.37. The molecule has 1 aliphatic heterocycles. The average molecular weight is 407 g/mol. The smallest absolute Gasteiger partial charge is 0.226 e. The van der Waals surface area contributed by atoms with Gasteiger partial charge in [0.25, 0.3) is 0 Å². The predicted molar refractivity (Wildman–Crippen MR) is 111 cm³/mol. The van der Waals surface area contributed by atoms with Crippen molar-refractivity contribution in [2.24, 2.45) is 5.92 Å². The van der Waals surface area contributed by atoms with Gasteiger partial charge in [-0.3, -0.25) is 0 Å². The molecule has 0 amide bonds. The van der Waals surface area contributed by atoms with Crippen molar-refractivity contribution in [2.45, 2.75) is 70.3 Å². The van der Waals surface area contributed by atoms with E-state index in [9.17, 15) is 0 Å². The Bertz CT molecular complexity index is 767. The molecule has 0 bridgehead atoms. The maximum atomic E-state index is 8.89. The number of unbranched alkanes of at least 4 members (excludes halogenated alkanes) is 2. The van der Waals surface area contributed by atoms with Crippen molar-refractivity contribution in [1.29, 1.82) is 0 Å². The van der Waals surface area contributed by atoms with Crippen LogP contribution in [-0.2, 0) is 0 Å². The fraction of sp³-hybridized carbons (Fsp3) is 0.750. The molecule has 3 heterocycles. The summed E-state index contributed by atoms with van der Waals surface area (Å²) in [4.78, 5) is 13.5. The number of aliphatic hydroxyl groups excluding tert-OH is 1. The van der Waals surface area contributed by atoms with E-state index in [-0.39, 0.29) is 5.28 Å². The molecular weight excluding hydrogens is 376 g/mol. The molecule has 2 aliphatic rings. The van der Waals surface area contributed by atoms with E-state index in [2.05, 4.69) is 30.0 Å². The molecule has 0 radical (unpaired) electrons. The van der Waals surface area contributed by atoms with Gasteiger partial charge < -0.3 is 15.1 Å². The Labute approximate surface area is 171 Å². The Hall–Kier alpha value is -1.44. The number of piperidine rings is 1. The molecule has 0 aromatic carbocycles. The van der Waals surface area contributed by atoms with Crippen molar-refractivity contribution in [1.82, 2.24) is 24.5 Å². The summed E-state index contributed by atoms with van der Waals surface area (Å²) >= 11 is 6.24. The monoisotopic (exact) mass is 406 g/mol. The van der Waals surface area contributed by atoms with Crippen molar-refractivity contribution in [3.05, 3.63) is 11.6 Å². The lowest BCUT2D eigenvalue weighted by Gasteiger charge is -2.32. The van der Waals surface area contributed by atoms with Gasteiger partial charge in [0.05, 0.1) is 6.33 Å². The third kappa shape index (κ3) is 4.58. The second-order valence-electron chi connectivity index (χ2n) is 8.22. The van der Waals surface area contributed by atoms with Crippen molar-refractivity contribution in [2.75, 3.05) is 25.1 Å². The minimum atomic E-state index is 0.272. The van der Waals surface area contributed by atoms with Crippen molar-refractivity contribution in [3.8, 4) is 0 Å². The molecule has 2 aromatic heterocycles. The van der Waals surface area contributed by atoms with Crippen LogP contribution in [0, 0.1) is 5.92 Å². The molecule has 0 atom stereocenters. The van der Waals surface area contributed by atoms with Crippen molar-refractivity contribution in [3.63, 3.8) is 0 Å². The summed E-state index contributed by atoms with van der Waals surface area (Å²) in [6.45, 7) is 2.31. The number of nitrogens with zero attached hydrogens (tertiary/aromatic N) is 5. The second-order valence-corrected chi connectivity index (χ2v) is 8.56. The molecule has 2 fully saturated rings. The van der Waals surface area contributed by atoms with Gasteiger partial charge in [-0.1, -0.05) is 32.1 Å². The van der Waals surface area contributed by atoms with Gasteiger partial charge in [-0.05, 0) is 49.6 Å². The maximum Gasteiger partial charge on any atom is 0.226 e. The fourth-order valence-corrected chi connectivity index (χ4v) is 4.79. The molecule has 7 nitrogen and oxygen atoms in total. The van der Waals surface area contributed by atoms with E-state index in [1.807, 2.05) is 6.33 Å². The molecule has 2 N–H and O–H groups in total. The topological polar surface area (TPSA) is 79.1 Å². The zero-order valence-corrected chi connectivity index (χ0v) is 17.2. The van der Waals surface area contributed by atoms with Crippen molar-refractivity contribution >= 4 is 28.6 Å². The Morgan fingerprint density at radius 1 is 1.07 bits per heavy atom. The number of imidazole rings is 1. The number of rotatable bonds is 8. The van der Waals surface area contributed by atoms with Crippen molar-refractivity contribution < 1.29 is 5.11 Å². The molecule has 1 aliphatic carbocycles. The quantitative estimate of drug-likeness (QED) is 0.505. The first kappa shape index (κ1) is 19.9. The summed E-state index contributed by atoms with van der Waals surface area (Å²) in [5, 5.41) is 11.4. The Morgan fingerprint density at radius 3 is 2.61 bits per heavy atom. The van der Waals surface area contributed by atoms with Gasteiger partial charge in [-0.2, -0.15) is 9.97 Å². The first-order valence-corrected chi connectivity index (χ1v) is 11.1. The number of nitrogens with one attached hydrogen (secondary N) is 1. The van der Waals surface area contributed by atoms with E-state index < -0.39 is 0 Å². The van der Waals surface area contributed by atoms with Crippen LogP contribution in [0.2, 0.25) is 5.28 Å². The molecule has 1 saturated heterocycles. The SMILES string of the molecule is OCCCCCC1CCN(Nc2nc(Cl)nc3c2ncn3C2CCCC2)CC1. The summed E-state index contributed by atoms with van der Waals surface area (Å²) in [7, 11) is 0. The highest BCUT2D eigenvalue weighted by atomic mass is 35.5. The number of halogens is 1. The molecule has 2 aromatic rings. The third-order valence-corrected chi connectivity index (χ3v) is 6.43. The lowest BCUT2D eigenvalue weighted by atomic mass is 9.92. The van der Waals surface area contributed by atoms with Crippen LogP contribution in [0.25, 0.3) is 11.2 Å². The van der Waals surface area contributed by atoms with Gasteiger partial charge in [-0.25, -0.2) is 9.99 Å². The summed E-state index contributed by atoms with van der Waals surface area (Å²) in [6, 6.07) is 0.477. The third-order valence-electron chi connectivity index (χ3n) is 6.26. The minimum Gasteiger partial charge on any atom is -0.396 e. The number of hydrogen-bond acceptors (Lipinski definition) is 6. The number of hydrazine groups is 1. The van der Waals surface area contributed by atoms with E-state index >= 15 is 0 Å². The van der Waals surface area contributed by atoms with Crippen LogP contribution < -0.4 is 5.43 Å². The normalized spacial score (nSPS) is 19.6. The highest BCUT2D eigenvalue weighted by Crippen LogP contribution is 2.33. The summed E-state index contributed by atoms with van der Waals surface area (Å²) in [5.41, 5.74) is 5.10. The molecule has 28 heavy (non-hydrogen) atoms. The van der Waals surface area contributed by atoms with Crippen LogP contribution in [0.3, 0.4) is 0 Å². The lowest BCUT2D eigenvalue weighted by Crippen LogP contribution is -2.38. The zero-order valence-electron chi connectivity index (χ0n) is 16.5. The predicted octanol–water partition coefficient (Wildman–Crippen LogP) is 4.19. The minimum absolute atomic E-state index is 0.272. The number of aliphatic hydroxyl groups is 1. The number of hydrogen-bond donors (Lipinski definition) is 2. The van der Waals surface area contributed by atoms with E-state index in [4.69, 9.17) is 16.7 Å².